The molecule has 9 nitrogen and oxygen atoms in total. The molecule has 3 rings (SSSR count). The number of benzene rings is 1. The molecule has 0 aliphatic carbocycles. The standard InChI is InChI=1S/C20H25N5O4S2/c1-12(2)10-25-17(21)16(18(27)23-19(25)28)24(8-9-29-3)15(26)11-30-20-22-13-6-4-5-7-14(13)31-20/h4-7,12H,8-11,21H2,1-3H3,(H,23,27,28). The van der Waals surface area contributed by atoms with Crippen molar-refractivity contribution in [1.29, 1.82) is 0 Å². The van der Waals surface area contributed by atoms with Gasteiger partial charge >= 0.3 is 5.69 Å². The van der Waals surface area contributed by atoms with Crippen molar-refractivity contribution in [2.24, 2.45) is 5.92 Å². The smallest absolute Gasteiger partial charge is 0.330 e. The first-order valence-electron chi connectivity index (χ1n) is 9.72. The third kappa shape index (κ3) is 5.35. The Morgan fingerprint density at radius 3 is 2.77 bits per heavy atom. The molecule has 2 heterocycles. The van der Waals surface area contributed by atoms with Crippen LogP contribution in [0.1, 0.15) is 13.8 Å². The summed E-state index contributed by atoms with van der Waals surface area (Å²) in [6, 6.07) is 7.74. The molecule has 0 atom stereocenters. The average molecular weight is 464 g/mol. The second-order valence-corrected chi connectivity index (χ2v) is 9.53. The first-order valence-corrected chi connectivity index (χ1v) is 11.5. The summed E-state index contributed by atoms with van der Waals surface area (Å²) >= 11 is 2.79. The van der Waals surface area contributed by atoms with Gasteiger partial charge in [-0.3, -0.25) is 19.1 Å². The highest BCUT2D eigenvalue weighted by atomic mass is 32.2. The van der Waals surface area contributed by atoms with E-state index in [-0.39, 0.29) is 42.2 Å². The Bertz CT molecular complexity index is 1150. The van der Waals surface area contributed by atoms with Crippen molar-refractivity contribution >= 4 is 50.7 Å². The number of para-hydroxylation sites is 1. The molecule has 0 bridgehead atoms. The molecule has 2 aromatic heterocycles. The van der Waals surface area contributed by atoms with Crippen LogP contribution in [0.3, 0.4) is 0 Å². The van der Waals surface area contributed by atoms with Crippen LogP contribution < -0.4 is 21.9 Å². The fraction of sp³-hybridized carbons (Fsp3) is 0.400. The average Bonchev–Trinajstić information content (AvgIpc) is 3.14. The van der Waals surface area contributed by atoms with E-state index in [2.05, 4.69) is 9.97 Å². The Morgan fingerprint density at radius 1 is 1.35 bits per heavy atom. The summed E-state index contributed by atoms with van der Waals surface area (Å²) < 4.78 is 8.19. The van der Waals surface area contributed by atoms with Crippen LogP contribution in [0.5, 0.6) is 0 Å². The minimum atomic E-state index is -0.697. The first kappa shape index (κ1) is 23.0. The van der Waals surface area contributed by atoms with Crippen LogP contribution in [0.4, 0.5) is 11.5 Å². The predicted octanol–water partition coefficient (Wildman–Crippen LogP) is 2.16. The SMILES string of the molecule is COCCN(C(=O)CSc1nc2ccccc2s1)c1c(N)n(CC(C)C)c(=O)[nH]c1=O. The van der Waals surface area contributed by atoms with E-state index in [1.165, 1.54) is 39.7 Å². The number of nitrogens with zero attached hydrogens (tertiary/aromatic N) is 3. The fourth-order valence-corrected chi connectivity index (χ4v) is 4.99. The van der Waals surface area contributed by atoms with Crippen LogP contribution in [0.25, 0.3) is 10.2 Å². The van der Waals surface area contributed by atoms with Gasteiger partial charge in [-0.05, 0) is 18.1 Å². The number of aromatic amines is 1. The van der Waals surface area contributed by atoms with Crippen molar-refractivity contribution in [3.63, 3.8) is 0 Å². The van der Waals surface area contributed by atoms with Crippen molar-refractivity contribution < 1.29 is 9.53 Å². The number of nitrogens with one attached hydrogen (secondary N) is 1. The minimum absolute atomic E-state index is 0.0307. The molecule has 3 N–H and O–H groups in total. The van der Waals surface area contributed by atoms with Crippen LogP contribution >= 0.6 is 23.1 Å². The maximum atomic E-state index is 13.1. The molecule has 0 fully saturated rings. The van der Waals surface area contributed by atoms with E-state index in [9.17, 15) is 14.4 Å². The molecule has 166 valence electrons. The monoisotopic (exact) mass is 463 g/mol. The zero-order chi connectivity index (χ0) is 22.5. The van der Waals surface area contributed by atoms with Crippen LogP contribution in [0.15, 0.2) is 38.2 Å². The van der Waals surface area contributed by atoms with Crippen molar-refractivity contribution in [3.05, 3.63) is 45.1 Å². The quantitative estimate of drug-likeness (QED) is 0.466. The summed E-state index contributed by atoms with van der Waals surface area (Å²) in [6.07, 6.45) is 0. The Hall–Kier alpha value is -2.63. The maximum Gasteiger partial charge on any atom is 0.330 e. The number of carbonyl (C=O) groups is 1. The number of nitrogens with two attached hydrogens (primary N) is 1. The van der Waals surface area contributed by atoms with E-state index in [1.807, 2.05) is 38.1 Å². The fourth-order valence-electron chi connectivity index (χ4n) is 3.04. The summed E-state index contributed by atoms with van der Waals surface area (Å²) in [6.45, 7) is 4.52. The van der Waals surface area contributed by atoms with Crippen molar-refractivity contribution in [1.82, 2.24) is 14.5 Å². The number of methoxy groups -OCH3 is 1. The van der Waals surface area contributed by atoms with Crippen LogP contribution in [-0.2, 0) is 16.1 Å². The molecule has 0 aliphatic heterocycles. The van der Waals surface area contributed by atoms with Gasteiger partial charge in [0.2, 0.25) is 5.91 Å². The molecule has 0 spiro atoms. The second-order valence-electron chi connectivity index (χ2n) is 7.27. The number of ether oxygens (including phenoxy) is 1. The van der Waals surface area contributed by atoms with Gasteiger partial charge in [0.1, 0.15) is 5.82 Å². The third-order valence-corrected chi connectivity index (χ3v) is 6.61. The summed E-state index contributed by atoms with van der Waals surface area (Å²) in [5.41, 5.74) is 5.74. The number of carbonyl (C=O) groups excluding carboxylic acids is 1. The van der Waals surface area contributed by atoms with Gasteiger partial charge in [-0.1, -0.05) is 37.7 Å². The van der Waals surface area contributed by atoms with Crippen molar-refractivity contribution in [3.8, 4) is 0 Å². The lowest BCUT2D eigenvalue weighted by Crippen LogP contribution is -2.43. The molecule has 11 heteroatoms. The second kappa shape index (κ2) is 10.1. The molecule has 1 aromatic carbocycles. The highest BCUT2D eigenvalue weighted by Gasteiger charge is 2.24. The molecule has 0 saturated carbocycles. The maximum absolute atomic E-state index is 13.1. The molecular formula is C20H25N5O4S2. The van der Waals surface area contributed by atoms with E-state index in [0.29, 0.717) is 6.54 Å². The number of thioether (sulfide) groups is 1. The van der Waals surface area contributed by atoms with Gasteiger partial charge in [0.15, 0.2) is 10.0 Å². The van der Waals surface area contributed by atoms with Gasteiger partial charge in [-0.25, -0.2) is 9.78 Å². The van der Waals surface area contributed by atoms with Gasteiger partial charge in [0, 0.05) is 20.2 Å². The van der Waals surface area contributed by atoms with Gasteiger partial charge in [0.25, 0.3) is 5.56 Å². The predicted molar refractivity (Wildman–Crippen MR) is 125 cm³/mol. The zero-order valence-electron chi connectivity index (χ0n) is 17.6. The number of hydrogen-bond donors (Lipinski definition) is 2. The topological polar surface area (TPSA) is 123 Å². The van der Waals surface area contributed by atoms with E-state index in [4.69, 9.17) is 10.5 Å². The van der Waals surface area contributed by atoms with Gasteiger partial charge in [-0.2, -0.15) is 0 Å². The number of nitrogen functional groups attached to an aromatic ring is 1. The van der Waals surface area contributed by atoms with E-state index in [0.717, 1.165) is 14.6 Å². The third-order valence-electron chi connectivity index (χ3n) is 4.45. The number of amides is 1. The number of hydrogen-bond acceptors (Lipinski definition) is 8. The Labute approximate surface area is 187 Å². The van der Waals surface area contributed by atoms with Crippen LogP contribution in [0, 0.1) is 5.92 Å². The lowest BCUT2D eigenvalue weighted by atomic mass is 10.2. The number of fused-ring (bicyclic) bond motifs is 1. The zero-order valence-corrected chi connectivity index (χ0v) is 19.2. The van der Waals surface area contributed by atoms with Gasteiger partial charge in [0.05, 0.1) is 22.6 Å². The molecule has 31 heavy (non-hydrogen) atoms. The molecule has 0 unspecified atom stereocenters. The Morgan fingerprint density at radius 2 is 2.10 bits per heavy atom. The van der Waals surface area contributed by atoms with E-state index in [1.54, 1.807) is 0 Å². The highest BCUT2D eigenvalue weighted by Crippen LogP contribution is 2.30. The Balaban J connectivity index is 1.89. The minimum Gasteiger partial charge on any atom is -0.383 e. The lowest BCUT2D eigenvalue weighted by molar-refractivity contribution is -0.116. The van der Waals surface area contributed by atoms with Gasteiger partial charge in [-0.15, -0.1) is 11.3 Å². The lowest BCUT2D eigenvalue weighted by Gasteiger charge is -2.24. The number of anilines is 2. The summed E-state index contributed by atoms with van der Waals surface area (Å²) in [4.78, 5) is 46.0. The normalized spacial score (nSPS) is 11.4. The Kier molecular flexibility index (Phi) is 7.52. The summed E-state index contributed by atoms with van der Waals surface area (Å²) in [5.74, 6) is -0.173. The van der Waals surface area contributed by atoms with Gasteiger partial charge < -0.3 is 15.4 Å². The number of aromatic nitrogens is 3. The van der Waals surface area contributed by atoms with E-state index < -0.39 is 11.2 Å². The molecule has 0 radical (unpaired) electrons. The molecule has 0 aliphatic rings. The number of thiazole rings is 1. The van der Waals surface area contributed by atoms with Crippen LogP contribution in [-0.4, -0.2) is 46.5 Å². The molecule has 3 aromatic rings. The number of H-pyrrole nitrogens is 1. The largest absolute Gasteiger partial charge is 0.383 e. The van der Waals surface area contributed by atoms with Crippen LogP contribution in [0.2, 0.25) is 0 Å². The number of rotatable bonds is 9. The summed E-state index contributed by atoms with van der Waals surface area (Å²) in [7, 11) is 1.51. The molecular weight excluding hydrogens is 438 g/mol. The molecule has 0 saturated heterocycles. The highest BCUT2D eigenvalue weighted by molar-refractivity contribution is 8.01. The summed E-state index contributed by atoms with van der Waals surface area (Å²) in [5, 5.41) is 0. The van der Waals surface area contributed by atoms with Crippen molar-refractivity contribution in [2.45, 2.75) is 24.7 Å². The van der Waals surface area contributed by atoms with E-state index >= 15 is 0 Å². The first-order chi connectivity index (χ1) is 14.8. The molecule has 1 amide bonds. The van der Waals surface area contributed by atoms with Crippen molar-refractivity contribution in [2.75, 3.05) is 36.6 Å².